The minimum absolute atomic E-state index is 0.181. The maximum absolute atomic E-state index is 12.9. The Labute approximate surface area is 198 Å². The summed E-state index contributed by atoms with van der Waals surface area (Å²) in [5, 5.41) is 1.54. The van der Waals surface area contributed by atoms with Gasteiger partial charge in [0.05, 0.1) is 31.5 Å². The number of rotatable bonds is 11. The topological polar surface area (TPSA) is 88.1 Å². The summed E-state index contributed by atoms with van der Waals surface area (Å²) in [6.07, 6.45) is 2.89. The molecule has 0 bridgehead atoms. The molecular weight excluding hydrogens is 436 g/mol. The van der Waals surface area contributed by atoms with Gasteiger partial charge in [0.25, 0.3) is 0 Å². The van der Waals surface area contributed by atoms with Gasteiger partial charge in [-0.3, -0.25) is 4.79 Å². The predicted octanol–water partition coefficient (Wildman–Crippen LogP) is 5.35. The quantitative estimate of drug-likeness (QED) is 0.215. The molecule has 34 heavy (non-hydrogen) atoms. The highest BCUT2D eigenvalue weighted by Crippen LogP contribution is 2.29. The van der Waals surface area contributed by atoms with E-state index in [1.165, 1.54) is 19.2 Å². The molecule has 0 heterocycles. The van der Waals surface area contributed by atoms with Gasteiger partial charge in [0, 0.05) is 11.8 Å². The maximum Gasteiger partial charge on any atom is 0.344 e. The summed E-state index contributed by atoms with van der Waals surface area (Å²) >= 11 is 0. The Morgan fingerprint density at radius 3 is 2.18 bits per heavy atom. The molecule has 0 radical (unpaired) electrons. The molecule has 0 aliphatic carbocycles. The third-order valence-electron chi connectivity index (χ3n) is 5.19. The third kappa shape index (κ3) is 6.57. The van der Waals surface area contributed by atoms with Gasteiger partial charge >= 0.3 is 17.9 Å². The molecule has 0 unspecified atom stereocenters. The number of fused-ring (bicyclic) bond motifs is 1. The van der Waals surface area contributed by atoms with Crippen LogP contribution in [-0.2, 0) is 14.3 Å². The van der Waals surface area contributed by atoms with Gasteiger partial charge in [-0.2, -0.15) is 0 Å². The van der Waals surface area contributed by atoms with Crippen LogP contribution in [0.2, 0.25) is 0 Å². The number of carbonyl (C=O) groups is 3. The third-order valence-corrected chi connectivity index (χ3v) is 5.19. The van der Waals surface area contributed by atoms with Crippen molar-refractivity contribution in [1.82, 2.24) is 0 Å². The molecule has 0 saturated heterocycles. The van der Waals surface area contributed by atoms with Crippen LogP contribution in [0.5, 0.6) is 11.5 Å². The second-order valence-electron chi connectivity index (χ2n) is 7.55. The van der Waals surface area contributed by atoms with Gasteiger partial charge < -0.3 is 18.9 Å². The standard InChI is InChI=1S/C27H28O7/c1-3-25(28)33-18-8-4-7-17-32-24-16-15-23(21-9-5-6-10-22(21)24)27(30)34-20-13-11-19(12-14-20)26(29)31-2/h5-6,9-16H,3-4,7-8,17-18H2,1-2H3. The monoisotopic (exact) mass is 464 g/mol. The summed E-state index contributed by atoms with van der Waals surface area (Å²) in [7, 11) is 1.31. The number of hydrogen-bond acceptors (Lipinski definition) is 7. The molecule has 0 aliphatic heterocycles. The van der Waals surface area contributed by atoms with Crippen molar-refractivity contribution < 1.29 is 33.3 Å². The van der Waals surface area contributed by atoms with E-state index in [9.17, 15) is 14.4 Å². The van der Waals surface area contributed by atoms with E-state index in [2.05, 4.69) is 4.74 Å². The van der Waals surface area contributed by atoms with Crippen molar-refractivity contribution in [1.29, 1.82) is 0 Å². The van der Waals surface area contributed by atoms with E-state index in [1.807, 2.05) is 24.3 Å². The molecule has 0 aliphatic rings. The van der Waals surface area contributed by atoms with E-state index >= 15 is 0 Å². The molecule has 3 aromatic rings. The molecule has 0 amide bonds. The fourth-order valence-electron chi connectivity index (χ4n) is 3.37. The zero-order chi connectivity index (χ0) is 24.3. The van der Waals surface area contributed by atoms with Crippen LogP contribution < -0.4 is 9.47 Å². The van der Waals surface area contributed by atoms with Crippen LogP contribution in [-0.4, -0.2) is 38.2 Å². The van der Waals surface area contributed by atoms with Crippen molar-refractivity contribution >= 4 is 28.7 Å². The smallest absolute Gasteiger partial charge is 0.344 e. The van der Waals surface area contributed by atoms with Crippen LogP contribution in [0.25, 0.3) is 10.8 Å². The van der Waals surface area contributed by atoms with Crippen LogP contribution in [0.1, 0.15) is 53.3 Å². The normalized spacial score (nSPS) is 10.5. The molecule has 0 atom stereocenters. The van der Waals surface area contributed by atoms with Crippen molar-refractivity contribution in [2.24, 2.45) is 0 Å². The van der Waals surface area contributed by atoms with Gasteiger partial charge in [0.1, 0.15) is 11.5 Å². The first-order valence-corrected chi connectivity index (χ1v) is 11.2. The first-order chi connectivity index (χ1) is 16.5. The fraction of sp³-hybridized carbons (Fsp3) is 0.296. The minimum Gasteiger partial charge on any atom is -0.493 e. The zero-order valence-electron chi connectivity index (χ0n) is 19.4. The van der Waals surface area contributed by atoms with E-state index in [0.717, 1.165) is 30.0 Å². The lowest BCUT2D eigenvalue weighted by Gasteiger charge is -2.12. The predicted molar refractivity (Wildman–Crippen MR) is 127 cm³/mol. The molecule has 7 heteroatoms. The van der Waals surface area contributed by atoms with Crippen LogP contribution in [0, 0.1) is 0 Å². The molecular formula is C27H28O7. The fourth-order valence-corrected chi connectivity index (χ4v) is 3.37. The Kier molecular flexibility index (Phi) is 9.03. The Hall–Kier alpha value is -3.87. The first kappa shape index (κ1) is 24.8. The SMILES string of the molecule is CCC(=O)OCCCCCOc1ccc(C(=O)Oc2ccc(C(=O)OC)cc2)c2ccccc12. The molecule has 0 saturated carbocycles. The summed E-state index contributed by atoms with van der Waals surface area (Å²) in [5.74, 6) is -0.132. The van der Waals surface area contributed by atoms with Gasteiger partial charge in [-0.1, -0.05) is 31.2 Å². The molecule has 0 spiro atoms. The molecule has 7 nitrogen and oxygen atoms in total. The van der Waals surface area contributed by atoms with Crippen molar-refractivity contribution in [3.8, 4) is 11.5 Å². The highest BCUT2D eigenvalue weighted by atomic mass is 16.5. The summed E-state index contributed by atoms with van der Waals surface area (Å²) in [6, 6.07) is 17.1. The second kappa shape index (κ2) is 12.4. The van der Waals surface area contributed by atoms with E-state index in [-0.39, 0.29) is 5.97 Å². The van der Waals surface area contributed by atoms with Gasteiger partial charge in [-0.05, 0) is 61.0 Å². The van der Waals surface area contributed by atoms with E-state index in [0.29, 0.717) is 42.3 Å². The second-order valence-corrected chi connectivity index (χ2v) is 7.55. The number of carbonyl (C=O) groups excluding carboxylic acids is 3. The van der Waals surface area contributed by atoms with E-state index in [4.69, 9.17) is 14.2 Å². The zero-order valence-corrected chi connectivity index (χ0v) is 19.4. The van der Waals surface area contributed by atoms with Gasteiger partial charge in [0.2, 0.25) is 0 Å². The van der Waals surface area contributed by atoms with Crippen LogP contribution in [0.3, 0.4) is 0 Å². The van der Waals surface area contributed by atoms with Crippen LogP contribution in [0.4, 0.5) is 0 Å². The summed E-state index contributed by atoms with van der Waals surface area (Å²) in [6.45, 7) is 2.72. The lowest BCUT2D eigenvalue weighted by Crippen LogP contribution is -2.10. The van der Waals surface area contributed by atoms with Crippen molar-refractivity contribution in [3.05, 3.63) is 71.8 Å². The Morgan fingerprint density at radius 1 is 0.765 bits per heavy atom. The number of ether oxygens (including phenoxy) is 4. The molecule has 178 valence electrons. The highest BCUT2D eigenvalue weighted by molar-refractivity contribution is 6.07. The van der Waals surface area contributed by atoms with Crippen molar-refractivity contribution in [2.45, 2.75) is 32.6 Å². The molecule has 0 aromatic heterocycles. The minimum atomic E-state index is -0.504. The molecule has 0 N–H and O–H groups in total. The van der Waals surface area contributed by atoms with Crippen molar-refractivity contribution in [2.75, 3.05) is 20.3 Å². The maximum atomic E-state index is 12.9. The number of esters is 3. The molecule has 0 fully saturated rings. The average molecular weight is 465 g/mol. The van der Waals surface area contributed by atoms with Gasteiger partial charge in [-0.15, -0.1) is 0 Å². The van der Waals surface area contributed by atoms with Crippen molar-refractivity contribution in [3.63, 3.8) is 0 Å². The number of hydrogen-bond donors (Lipinski definition) is 0. The number of unbranched alkanes of at least 4 members (excludes halogenated alkanes) is 2. The number of methoxy groups -OCH3 is 1. The summed E-state index contributed by atoms with van der Waals surface area (Å²) in [4.78, 5) is 35.6. The molecule has 3 rings (SSSR count). The summed E-state index contributed by atoms with van der Waals surface area (Å²) in [5.41, 5.74) is 0.786. The lowest BCUT2D eigenvalue weighted by molar-refractivity contribution is -0.143. The van der Waals surface area contributed by atoms with E-state index < -0.39 is 11.9 Å². The number of benzene rings is 3. The van der Waals surface area contributed by atoms with E-state index in [1.54, 1.807) is 31.2 Å². The van der Waals surface area contributed by atoms with Crippen LogP contribution in [0.15, 0.2) is 60.7 Å². The lowest BCUT2D eigenvalue weighted by atomic mass is 10.0. The van der Waals surface area contributed by atoms with Gasteiger partial charge in [-0.25, -0.2) is 9.59 Å². The summed E-state index contributed by atoms with van der Waals surface area (Å²) < 4.78 is 21.2. The van der Waals surface area contributed by atoms with Crippen LogP contribution >= 0.6 is 0 Å². The Balaban J connectivity index is 1.62. The Morgan fingerprint density at radius 2 is 1.47 bits per heavy atom. The Bertz CT molecular complexity index is 1140. The highest BCUT2D eigenvalue weighted by Gasteiger charge is 2.16. The molecule has 3 aromatic carbocycles. The first-order valence-electron chi connectivity index (χ1n) is 11.2. The van der Waals surface area contributed by atoms with Gasteiger partial charge in [0.15, 0.2) is 0 Å². The largest absolute Gasteiger partial charge is 0.493 e. The average Bonchev–Trinajstić information content (AvgIpc) is 2.87.